The van der Waals surface area contributed by atoms with Crippen LogP contribution in [0.1, 0.15) is 16.9 Å². The maximum Gasteiger partial charge on any atom is 0.450 e. The summed E-state index contributed by atoms with van der Waals surface area (Å²) in [4.78, 5) is 13.1. The number of aryl methyl sites for hydroxylation is 1. The van der Waals surface area contributed by atoms with Gasteiger partial charge in [0.15, 0.2) is 0 Å². The van der Waals surface area contributed by atoms with E-state index in [1.54, 1.807) is 6.07 Å². The molecule has 3 aromatic carbocycles. The normalized spacial score (nSPS) is 11.5. The summed E-state index contributed by atoms with van der Waals surface area (Å²) >= 11 is 0. The standard InChI is InChI=1S/C25H19F3O4/c1-15-7-9-16(10-8-15)14-31-17-11-12-19-21(13-17)32-24(25(26,27)28)22(23(19)29)18-5-3-4-6-20(18)30-2/h3-13H,14H2,1-2H3. The minimum absolute atomic E-state index is 0.0117. The lowest BCUT2D eigenvalue weighted by molar-refractivity contribution is -0.152. The van der Waals surface area contributed by atoms with Gasteiger partial charge in [0.2, 0.25) is 11.2 Å². The predicted octanol–water partition coefficient (Wildman–Crippen LogP) is 6.37. The van der Waals surface area contributed by atoms with Crippen molar-refractivity contribution < 1.29 is 27.1 Å². The molecule has 1 heterocycles. The quantitative estimate of drug-likeness (QED) is 0.362. The van der Waals surface area contributed by atoms with Crippen LogP contribution < -0.4 is 14.9 Å². The van der Waals surface area contributed by atoms with E-state index >= 15 is 0 Å². The van der Waals surface area contributed by atoms with Crippen LogP contribution in [0.25, 0.3) is 22.1 Å². The Bertz CT molecular complexity index is 1320. The Hall–Kier alpha value is -3.74. The van der Waals surface area contributed by atoms with Crippen molar-refractivity contribution in [2.45, 2.75) is 19.7 Å². The first-order valence-corrected chi connectivity index (χ1v) is 9.77. The third kappa shape index (κ3) is 4.19. The Morgan fingerprint density at radius 3 is 2.38 bits per heavy atom. The number of hydrogen-bond donors (Lipinski definition) is 0. The molecule has 0 spiro atoms. The number of benzene rings is 3. The van der Waals surface area contributed by atoms with Gasteiger partial charge in [-0.05, 0) is 30.7 Å². The average molecular weight is 440 g/mol. The van der Waals surface area contributed by atoms with Crippen molar-refractivity contribution in [3.05, 3.63) is 93.8 Å². The van der Waals surface area contributed by atoms with Gasteiger partial charge in [0.1, 0.15) is 23.7 Å². The number of para-hydroxylation sites is 1. The van der Waals surface area contributed by atoms with Gasteiger partial charge >= 0.3 is 6.18 Å². The van der Waals surface area contributed by atoms with Gasteiger partial charge in [-0.2, -0.15) is 13.2 Å². The molecule has 0 atom stereocenters. The zero-order valence-electron chi connectivity index (χ0n) is 17.3. The molecule has 7 heteroatoms. The molecule has 4 nitrogen and oxygen atoms in total. The first-order chi connectivity index (χ1) is 15.3. The van der Waals surface area contributed by atoms with Crippen LogP contribution in [0.4, 0.5) is 13.2 Å². The van der Waals surface area contributed by atoms with E-state index in [1.807, 2.05) is 31.2 Å². The minimum Gasteiger partial charge on any atom is -0.496 e. The number of ether oxygens (including phenoxy) is 2. The number of hydrogen-bond acceptors (Lipinski definition) is 4. The highest BCUT2D eigenvalue weighted by molar-refractivity contribution is 5.85. The topological polar surface area (TPSA) is 48.7 Å². The molecule has 0 unspecified atom stereocenters. The smallest absolute Gasteiger partial charge is 0.450 e. The van der Waals surface area contributed by atoms with Gasteiger partial charge in [-0.15, -0.1) is 0 Å². The molecule has 0 aliphatic rings. The van der Waals surface area contributed by atoms with E-state index < -0.39 is 22.9 Å². The maximum atomic E-state index is 13.9. The van der Waals surface area contributed by atoms with Crippen LogP contribution in [-0.4, -0.2) is 7.11 Å². The van der Waals surface area contributed by atoms with Crippen LogP contribution in [0.2, 0.25) is 0 Å². The summed E-state index contributed by atoms with van der Waals surface area (Å²) in [5.41, 5.74) is 0.426. The van der Waals surface area contributed by atoms with E-state index in [-0.39, 0.29) is 28.9 Å². The van der Waals surface area contributed by atoms with Gasteiger partial charge in [0, 0.05) is 11.6 Å². The van der Waals surface area contributed by atoms with Crippen LogP contribution >= 0.6 is 0 Å². The number of rotatable bonds is 5. The molecule has 0 fully saturated rings. The summed E-state index contributed by atoms with van der Waals surface area (Å²) < 4.78 is 57.7. The molecule has 32 heavy (non-hydrogen) atoms. The van der Waals surface area contributed by atoms with Gasteiger partial charge in [-0.25, -0.2) is 0 Å². The van der Waals surface area contributed by atoms with E-state index in [2.05, 4.69) is 0 Å². The molecule has 164 valence electrons. The van der Waals surface area contributed by atoms with Crippen LogP contribution in [0, 0.1) is 6.92 Å². The molecule has 0 saturated carbocycles. The molecule has 0 bridgehead atoms. The SMILES string of the molecule is COc1ccccc1-c1c(C(F)(F)F)oc2cc(OCc3ccc(C)cc3)ccc2c1=O. The highest BCUT2D eigenvalue weighted by Gasteiger charge is 2.40. The average Bonchev–Trinajstić information content (AvgIpc) is 2.78. The summed E-state index contributed by atoms with van der Waals surface area (Å²) in [6.45, 7) is 2.19. The molecule has 0 aliphatic heterocycles. The van der Waals surface area contributed by atoms with Crippen LogP contribution in [0.5, 0.6) is 11.5 Å². The lowest BCUT2D eigenvalue weighted by Gasteiger charge is -2.15. The Balaban J connectivity index is 1.81. The molecule has 4 aromatic rings. The summed E-state index contributed by atoms with van der Waals surface area (Å²) in [6.07, 6.45) is -4.89. The van der Waals surface area contributed by atoms with Crippen molar-refractivity contribution in [2.75, 3.05) is 7.11 Å². The van der Waals surface area contributed by atoms with Crippen LogP contribution in [0.15, 0.2) is 75.9 Å². The van der Waals surface area contributed by atoms with Crippen molar-refractivity contribution in [1.29, 1.82) is 0 Å². The Labute approximate surface area is 181 Å². The van der Waals surface area contributed by atoms with Crippen LogP contribution in [-0.2, 0) is 12.8 Å². The Morgan fingerprint density at radius 2 is 1.69 bits per heavy atom. The lowest BCUT2D eigenvalue weighted by atomic mass is 10.0. The van der Waals surface area contributed by atoms with Gasteiger partial charge in [0.25, 0.3) is 0 Å². The number of methoxy groups -OCH3 is 1. The lowest BCUT2D eigenvalue weighted by Crippen LogP contribution is -2.16. The van der Waals surface area contributed by atoms with Gasteiger partial charge in [-0.1, -0.05) is 48.0 Å². The van der Waals surface area contributed by atoms with Crippen LogP contribution in [0.3, 0.4) is 0 Å². The first kappa shape index (κ1) is 21.5. The number of fused-ring (bicyclic) bond motifs is 1. The molecule has 1 aromatic heterocycles. The molecule has 0 N–H and O–H groups in total. The second-order valence-corrected chi connectivity index (χ2v) is 7.27. The molecular weight excluding hydrogens is 421 g/mol. The van der Waals surface area contributed by atoms with E-state index in [0.717, 1.165) is 11.1 Å². The summed E-state index contributed by atoms with van der Waals surface area (Å²) in [6, 6.07) is 17.9. The summed E-state index contributed by atoms with van der Waals surface area (Å²) in [5, 5.41) is 0.0154. The second kappa shape index (κ2) is 8.42. The maximum absolute atomic E-state index is 13.9. The van der Waals surface area contributed by atoms with Crippen molar-refractivity contribution >= 4 is 11.0 Å². The summed E-state index contributed by atoms with van der Waals surface area (Å²) in [5.74, 6) is -0.947. The summed E-state index contributed by atoms with van der Waals surface area (Å²) in [7, 11) is 1.33. The molecule has 4 rings (SSSR count). The van der Waals surface area contributed by atoms with Crippen molar-refractivity contribution in [1.82, 2.24) is 0 Å². The predicted molar refractivity (Wildman–Crippen MR) is 115 cm³/mol. The van der Waals surface area contributed by atoms with Crippen molar-refractivity contribution in [2.24, 2.45) is 0 Å². The zero-order valence-corrected chi connectivity index (χ0v) is 17.3. The first-order valence-electron chi connectivity index (χ1n) is 9.77. The van der Waals surface area contributed by atoms with E-state index in [4.69, 9.17) is 13.9 Å². The molecule has 0 radical (unpaired) electrons. The third-order valence-corrected chi connectivity index (χ3v) is 5.02. The fourth-order valence-electron chi connectivity index (χ4n) is 3.41. The largest absolute Gasteiger partial charge is 0.496 e. The number of halogens is 3. The zero-order chi connectivity index (χ0) is 22.9. The monoisotopic (exact) mass is 440 g/mol. The fraction of sp³-hybridized carbons (Fsp3) is 0.160. The molecule has 0 amide bonds. The van der Waals surface area contributed by atoms with Crippen molar-refractivity contribution in [3.8, 4) is 22.6 Å². The Morgan fingerprint density at radius 1 is 0.969 bits per heavy atom. The minimum atomic E-state index is -4.89. The molecular formula is C25H19F3O4. The highest BCUT2D eigenvalue weighted by atomic mass is 19.4. The molecule has 0 aliphatic carbocycles. The Kier molecular flexibility index (Phi) is 5.65. The second-order valence-electron chi connectivity index (χ2n) is 7.27. The number of alkyl halides is 3. The van der Waals surface area contributed by atoms with E-state index in [0.29, 0.717) is 5.75 Å². The van der Waals surface area contributed by atoms with Gasteiger partial charge < -0.3 is 13.9 Å². The fourth-order valence-corrected chi connectivity index (χ4v) is 3.41. The molecule has 0 saturated heterocycles. The van der Waals surface area contributed by atoms with Gasteiger partial charge in [0.05, 0.1) is 18.1 Å². The van der Waals surface area contributed by atoms with E-state index in [1.165, 1.54) is 43.5 Å². The highest BCUT2D eigenvalue weighted by Crippen LogP contribution is 2.40. The van der Waals surface area contributed by atoms with Crippen molar-refractivity contribution in [3.63, 3.8) is 0 Å². The van der Waals surface area contributed by atoms with Gasteiger partial charge in [-0.3, -0.25) is 4.79 Å². The van der Waals surface area contributed by atoms with E-state index in [9.17, 15) is 18.0 Å². The third-order valence-electron chi connectivity index (χ3n) is 5.02.